The van der Waals surface area contributed by atoms with Crippen LogP contribution in [0.25, 0.3) is 11.3 Å². The topological polar surface area (TPSA) is 211 Å². The summed E-state index contributed by atoms with van der Waals surface area (Å²) in [4.78, 5) is 66.0. The molecule has 3 fully saturated rings. The zero-order valence-corrected chi connectivity index (χ0v) is 42.4. The molecule has 3 aliphatic heterocycles. The van der Waals surface area contributed by atoms with Gasteiger partial charge in [0, 0.05) is 72.9 Å². The Kier molecular flexibility index (Phi) is 17.3. The molecule has 2 unspecified atom stereocenters. The number of pyridine rings is 2. The van der Waals surface area contributed by atoms with Gasteiger partial charge >= 0.3 is 18.4 Å². The lowest BCUT2D eigenvalue weighted by Gasteiger charge is -2.47. The highest BCUT2D eigenvalue weighted by atomic mass is 19.4. The monoisotopic (exact) mass is 1050 g/mol. The molecule has 0 saturated carbocycles. The lowest BCUT2D eigenvalue weighted by molar-refractivity contribution is -0.220. The molecule has 22 heteroatoms. The molecule has 3 aliphatic rings. The van der Waals surface area contributed by atoms with Crippen LogP contribution in [0.1, 0.15) is 69.7 Å². The smallest absolute Gasteiger partial charge is 0.407 e. The van der Waals surface area contributed by atoms with E-state index >= 15 is 8.78 Å². The summed E-state index contributed by atoms with van der Waals surface area (Å²) in [5.74, 6) is 2.52. The van der Waals surface area contributed by atoms with Crippen LogP contribution in [0.3, 0.4) is 0 Å². The van der Waals surface area contributed by atoms with Crippen molar-refractivity contribution < 1.29 is 60.8 Å². The van der Waals surface area contributed by atoms with Crippen molar-refractivity contribution in [2.24, 2.45) is 10.8 Å². The number of carbonyl (C=O) groups is 4. The van der Waals surface area contributed by atoms with Gasteiger partial charge in [0.25, 0.3) is 5.91 Å². The van der Waals surface area contributed by atoms with E-state index < -0.39 is 95.5 Å². The Morgan fingerprint density at radius 1 is 0.840 bits per heavy atom. The summed E-state index contributed by atoms with van der Waals surface area (Å²) in [7, 11) is 0.896. The van der Waals surface area contributed by atoms with E-state index in [4.69, 9.17) is 9.72 Å². The maximum Gasteiger partial charge on any atom is 0.407 e. The van der Waals surface area contributed by atoms with Gasteiger partial charge in [-0.2, -0.15) is 13.2 Å². The van der Waals surface area contributed by atoms with Crippen LogP contribution in [-0.4, -0.2) is 143 Å². The number of ether oxygens (including phenoxy) is 2. The molecule has 75 heavy (non-hydrogen) atoms. The van der Waals surface area contributed by atoms with E-state index in [-0.39, 0.29) is 17.7 Å². The molecule has 4 aromatic rings. The molecule has 3 saturated heterocycles. The SMILES string of the molecule is COC(=O)N[C@H](C(=O)N[C@@H](Cc1ccc(C#Cc2ccc(N3CC4CCC(C3)N4C3COC3)nc2)cc1)[C@@H](O)CN(Cc1c(F)cc(-c2ccccn2)cc1F)NC(=O)[C@@H](NC(=O)O)C(C)(C)C)C(C)(C)C(F)(F)F. The minimum absolute atomic E-state index is 0.0813. The van der Waals surface area contributed by atoms with E-state index in [0.29, 0.717) is 48.7 Å². The van der Waals surface area contributed by atoms with E-state index in [0.717, 1.165) is 69.2 Å². The van der Waals surface area contributed by atoms with Crippen molar-refractivity contribution in [1.82, 2.24) is 41.3 Å². The second-order valence-electron chi connectivity index (χ2n) is 20.7. The van der Waals surface area contributed by atoms with Crippen molar-refractivity contribution in [1.29, 1.82) is 0 Å². The summed E-state index contributed by atoms with van der Waals surface area (Å²) < 4.78 is 85.5. The third-order valence-corrected chi connectivity index (χ3v) is 13.9. The average Bonchev–Trinajstić information content (AvgIpc) is 3.57. The summed E-state index contributed by atoms with van der Waals surface area (Å²) in [5.41, 5.74) is -0.155. The number of fused-ring (bicyclic) bond motifs is 2. The number of rotatable bonds is 17. The molecule has 17 nitrogen and oxygen atoms in total. The van der Waals surface area contributed by atoms with E-state index in [9.17, 15) is 42.6 Å². The number of piperazine rings is 1. The first kappa shape index (κ1) is 55.8. The number of hydrazine groups is 1. The van der Waals surface area contributed by atoms with Crippen molar-refractivity contribution in [2.75, 3.05) is 44.9 Å². The summed E-state index contributed by atoms with van der Waals surface area (Å²) in [6.45, 7) is 7.83. The molecule has 4 amide bonds. The number of halogens is 5. The highest BCUT2D eigenvalue weighted by molar-refractivity contribution is 5.87. The van der Waals surface area contributed by atoms with Crippen molar-refractivity contribution in [3.8, 4) is 23.1 Å². The van der Waals surface area contributed by atoms with Crippen LogP contribution >= 0.6 is 0 Å². The van der Waals surface area contributed by atoms with E-state index in [1.54, 1.807) is 63.4 Å². The Morgan fingerprint density at radius 2 is 1.48 bits per heavy atom. The van der Waals surface area contributed by atoms with Crippen LogP contribution in [0.2, 0.25) is 0 Å². The lowest BCUT2D eigenvalue weighted by Crippen LogP contribution is -2.63. The fourth-order valence-corrected chi connectivity index (χ4v) is 9.50. The number of amides is 4. The Hall–Kier alpha value is -6.93. The number of aliphatic hydroxyl groups excluding tert-OH is 1. The van der Waals surface area contributed by atoms with Crippen molar-refractivity contribution in [2.45, 2.75) is 109 Å². The van der Waals surface area contributed by atoms with Crippen molar-refractivity contribution in [3.05, 3.63) is 113 Å². The maximum atomic E-state index is 16.0. The number of benzene rings is 2. The highest BCUT2D eigenvalue weighted by Crippen LogP contribution is 2.41. The first-order valence-corrected chi connectivity index (χ1v) is 24.4. The molecule has 0 aliphatic carbocycles. The van der Waals surface area contributed by atoms with Gasteiger partial charge in [-0.3, -0.25) is 24.9 Å². The number of aliphatic hydroxyl groups is 1. The Morgan fingerprint density at radius 3 is 2.01 bits per heavy atom. The van der Waals surface area contributed by atoms with Crippen LogP contribution in [0, 0.1) is 34.3 Å². The molecule has 6 atom stereocenters. The van der Waals surface area contributed by atoms with Gasteiger partial charge in [0.1, 0.15) is 29.5 Å². The molecule has 402 valence electrons. The second kappa shape index (κ2) is 23.3. The van der Waals surface area contributed by atoms with Gasteiger partial charge in [-0.1, -0.05) is 50.8 Å². The Balaban J connectivity index is 1.15. The molecule has 2 bridgehead atoms. The van der Waals surface area contributed by atoms with Crippen LogP contribution in [0.5, 0.6) is 0 Å². The maximum absolute atomic E-state index is 16.0. The average molecular weight is 1050 g/mol. The Labute approximate surface area is 431 Å². The molecule has 0 radical (unpaired) electrons. The minimum atomic E-state index is -5.06. The van der Waals surface area contributed by atoms with Crippen LogP contribution < -0.4 is 26.3 Å². The van der Waals surface area contributed by atoms with Gasteiger partial charge in [-0.05, 0) is 92.6 Å². The summed E-state index contributed by atoms with van der Waals surface area (Å²) in [6.07, 6.45) is -4.71. The third kappa shape index (κ3) is 13.7. The van der Waals surface area contributed by atoms with Crippen molar-refractivity contribution >= 4 is 29.8 Å². The summed E-state index contributed by atoms with van der Waals surface area (Å²) in [6, 6.07) is 13.3. The van der Waals surface area contributed by atoms with Gasteiger partial charge in [-0.25, -0.2) is 28.4 Å². The third-order valence-electron chi connectivity index (χ3n) is 13.9. The van der Waals surface area contributed by atoms with Gasteiger partial charge in [-0.15, -0.1) is 0 Å². The van der Waals surface area contributed by atoms with E-state index in [2.05, 4.69) is 47.4 Å². The predicted octanol–water partition coefficient (Wildman–Crippen LogP) is 5.79. The molecular weight excluding hydrogens is 986 g/mol. The molecule has 2 aromatic carbocycles. The fraction of sp³-hybridized carbons (Fsp3) is 0.472. The molecule has 7 rings (SSSR count). The van der Waals surface area contributed by atoms with Crippen LogP contribution in [0.15, 0.2) is 79.1 Å². The normalized spacial score (nSPS) is 18.7. The predicted molar refractivity (Wildman–Crippen MR) is 265 cm³/mol. The van der Waals surface area contributed by atoms with Crippen molar-refractivity contribution in [3.63, 3.8) is 0 Å². The fourth-order valence-electron chi connectivity index (χ4n) is 9.50. The van der Waals surface area contributed by atoms with E-state index in [1.165, 1.54) is 12.3 Å². The van der Waals surface area contributed by atoms with Gasteiger partial charge in [0.2, 0.25) is 5.91 Å². The molecule has 5 heterocycles. The quantitative estimate of drug-likeness (QED) is 0.0421. The standard InChI is InChI=1S/C53H62F5N9O8/c1-51(2,3)45(62-49(71)72)48(70)64-66(27-38-39(54)22-34(23-40(38)55)41-9-7-8-20-59-41)28-43(68)42(61-47(69)46(63-50(73)74-6)52(4,5)53(56,57)58)21-32-13-10-31(11-14-32)12-15-33-16-19-44(60-24-33)65-25-35-17-18-36(26-65)67(35)37-29-75-30-37/h7-11,13-14,16,19-20,22-24,35-37,42-43,45-46,62,68H,17-18,21,25-30H2,1-6H3,(H,61,69)(H,63,73)(H,64,70)(H,71,72)/t35?,36?,42-,43-,45+,46+/m0/s1. The number of carboxylic acid groups (broad SMARTS) is 1. The first-order valence-electron chi connectivity index (χ1n) is 24.4. The number of aromatic nitrogens is 2. The first-order chi connectivity index (χ1) is 35.4. The number of nitrogens with zero attached hydrogens (tertiary/aromatic N) is 5. The number of alkyl halides is 3. The zero-order chi connectivity index (χ0) is 54.4. The number of carbonyl (C=O) groups excluding carboxylic acids is 3. The summed E-state index contributed by atoms with van der Waals surface area (Å²) in [5, 5.41) is 29.1. The molecular formula is C53H62F5N9O8. The van der Waals surface area contributed by atoms with Crippen LogP contribution in [-0.2, 0) is 32.0 Å². The number of nitrogens with one attached hydrogen (secondary N) is 4. The number of anilines is 1. The largest absolute Gasteiger partial charge is 0.465 e. The van der Waals surface area contributed by atoms with Gasteiger partial charge in [0.15, 0.2) is 0 Å². The van der Waals surface area contributed by atoms with E-state index in [1.807, 2.05) is 17.4 Å². The lowest BCUT2D eigenvalue weighted by atomic mass is 9.82. The number of hydrogen-bond acceptors (Lipinski definition) is 12. The minimum Gasteiger partial charge on any atom is -0.465 e. The number of alkyl carbamates (subject to hydrolysis) is 1. The van der Waals surface area contributed by atoms with Gasteiger partial charge < -0.3 is 40.5 Å². The number of hydrogen-bond donors (Lipinski definition) is 6. The zero-order valence-electron chi connectivity index (χ0n) is 42.4. The number of methoxy groups -OCH3 is 1. The molecule has 6 N–H and O–H groups in total. The molecule has 0 spiro atoms. The van der Waals surface area contributed by atoms with Gasteiger partial charge in [0.05, 0.1) is 49.6 Å². The van der Waals surface area contributed by atoms with Crippen LogP contribution in [0.4, 0.5) is 37.4 Å². The Bertz CT molecular complexity index is 2690. The highest BCUT2D eigenvalue weighted by Gasteiger charge is 2.56. The molecule has 2 aromatic heterocycles. The summed E-state index contributed by atoms with van der Waals surface area (Å²) >= 11 is 0. The second-order valence-corrected chi connectivity index (χ2v) is 20.7.